The number of phenols is 1. The average Bonchev–Trinajstić information content (AvgIpc) is 2.85. The fraction of sp³-hybridized carbons (Fsp3) is 0.0870. The van der Waals surface area contributed by atoms with E-state index < -0.39 is 11.5 Å². The molecule has 1 atom stereocenters. The zero-order valence-corrected chi connectivity index (χ0v) is 16.6. The highest BCUT2D eigenvalue weighted by atomic mass is 32.1. The highest BCUT2D eigenvalue weighted by Crippen LogP contribution is 2.41. The summed E-state index contributed by atoms with van der Waals surface area (Å²) in [5.41, 5.74) is 0.821. The molecule has 0 spiro atoms. The van der Waals surface area contributed by atoms with Crippen molar-refractivity contribution in [1.29, 1.82) is 0 Å². The molecule has 1 aromatic carbocycles. The minimum absolute atomic E-state index is 0.0125. The van der Waals surface area contributed by atoms with E-state index in [-0.39, 0.29) is 22.5 Å². The zero-order valence-electron chi connectivity index (χ0n) is 15.7. The van der Waals surface area contributed by atoms with Crippen LogP contribution >= 0.6 is 12.2 Å². The van der Waals surface area contributed by atoms with Crippen molar-refractivity contribution in [3.63, 3.8) is 0 Å². The summed E-state index contributed by atoms with van der Waals surface area (Å²) in [6.45, 7) is 1.78. The van der Waals surface area contributed by atoms with Crippen molar-refractivity contribution in [1.82, 2.24) is 0 Å². The lowest BCUT2D eigenvalue weighted by molar-refractivity contribution is -0.132. The molecule has 7 heteroatoms. The maximum absolute atomic E-state index is 12.1. The molecular formula is C23H15NO5S. The Morgan fingerprint density at radius 2 is 1.93 bits per heavy atom. The standard InChI is InChI=1S/C23H15NO5S/c1-23(24-12-30)8-6-15(16(7-9-23)22(27)28)21-17-4-2-13(25)10-19(17)29-20-11-14(26)3-5-18(20)21/h2-11,25H,1H3,(H,27,28). The van der Waals surface area contributed by atoms with Gasteiger partial charge in [0.05, 0.1) is 10.7 Å². The number of carbonyl (C=O) groups is 1. The highest BCUT2D eigenvalue weighted by molar-refractivity contribution is 7.78. The Balaban J connectivity index is 2.15. The average molecular weight is 417 g/mol. The second-order valence-electron chi connectivity index (χ2n) is 7.04. The van der Waals surface area contributed by atoms with E-state index in [1.807, 2.05) is 0 Å². The van der Waals surface area contributed by atoms with Gasteiger partial charge in [0.15, 0.2) is 5.43 Å². The lowest BCUT2D eigenvalue weighted by Crippen LogP contribution is -2.13. The van der Waals surface area contributed by atoms with Crippen molar-refractivity contribution in [3.05, 3.63) is 82.1 Å². The van der Waals surface area contributed by atoms with Gasteiger partial charge in [0.25, 0.3) is 0 Å². The highest BCUT2D eigenvalue weighted by Gasteiger charge is 2.26. The minimum atomic E-state index is -1.12. The first kappa shape index (κ1) is 19.5. The molecule has 0 aromatic heterocycles. The molecule has 4 rings (SSSR count). The summed E-state index contributed by atoms with van der Waals surface area (Å²) >= 11 is 4.72. The number of hydrogen-bond acceptors (Lipinski definition) is 6. The molecule has 0 fully saturated rings. The molecule has 0 saturated heterocycles. The number of aromatic hydroxyl groups is 1. The van der Waals surface area contributed by atoms with Gasteiger partial charge in [-0.05, 0) is 55.1 Å². The third-order valence-corrected chi connectivity index (χ3v) is 5.02. The lowest BCUT2D eigenvalue weighted by Gasteiger charge is -2.17. The van der Waals surface area contributed by atoms with Gasteiger partial charge < -0.3 is 14.6 Å². The summed E-state index contributed by atoms with van der Waals surface area (Å²) in [5.74, 6) is -0.849. The van der Waals surface area contributed by atoms with Crippen LogP contribution in [0.1, 0.15) is 12.5 Å². The van der Waals surface area contributed by atoms with Crippen LogP contribution in [0.4, 0.5) is 0 Å². The number of aliphatic imine (C=N–C) groups is 1. The summed E-state index contributed by atoms with van der Waals surface area (Å²) in [6.07, 6.45) is 6.53. The number of nitrogens with zero attached hydrogens (tertiary/aromatic N) is 1. The maximum atomic E-state index is 12.1. The van der Waals surface area contributed by atoms with E-state index in [0.717, 1.165) is 0 Å². The van der Waals surface area contributed by atoms with Gasteiger partial charge >= 0.3 is 5.97 Å². The van der Waals surface area contributed by atoms with Gasteiger partial charge in [0, 0.05) is 28.6 Å². The van der Waals surface area contributed by atoms with Crippen LogP contribution in [0.25, 0.3) is 27.9 Å². The Morgan fingerprint density at radius 1 is 1.17 bits per heavy atom. The van der Waals surface area contributed by atoms with Gasteiger partial charge in [-0.25, -0.2) is 9.79 Å². The molecule has 0 radical (unpaired) electrons. The van der Waals surface area contributed by atoms with Crippen LogP contribution in [0.15, 0.2) is 80.5 Å². The monoisotopic (exact) mass is 417 g/mol. The van der Waals surface area contributed by atoms with E-state index in [2.05, 4.69) is 10.2 Å². The summed E-state index contributed by atoms with van der Waals surface area (Å²) in [5, 5.41) is 22.7. The maximum Gasteiger partial charge on any atom is 0.336 e. The number of carboxylic acids is 1. The van der Waals surface area contributed by atoms with Crippen molar-refractivity contribution in [2.75, 3.05) is 0 Å². The topological polar surface area (TPSA) is 100 Å². The zero-order chi connectivity index (χ0) is 21.5. The van der Waals surface area contributed by atoms with E-state index in [9.17, 15) is 19.8 Å². The summed E-state index contributed by atoms with van der Waals surface area (Å²) in [7, 11) is 0. The fourth-order valence-corrected chi connectivity index (χ4v) is 3.66. The number of isothiocyanates is 1. The van der Waals surface area contributed by atoms with Gasteiger partial charge in [-0.2, -0.15) is 0 Å². The van der Waals surface area contributed by atoms with Crippen LogP contribution < -0.4 is 5.43 Å². The van der Waals surface area contributed by atoms with Crippen LogP contribution in [0.3, 0.4) is 0 Å². The number of allylic oxidation sites excluding steroid dienone is 2. The van der Waals surface area contributed by atoms with Crippen molar-refractivity contribution < 1.29 is 19.4 Å². The first-order chi connectivity index (χ1) is 14.3. The van der Waals surface area contributed by atoms with Crippen LogP contribution in [-0.4, -0.2) is 26.9 Å². The Bertz CT molecular complexity index is 1370. The predicted octanol–water partition coefficient (Wildman–Crippen LogP) is 4.43. The van der Waals surface area contributed by atoms with Crippen molar-refractivity contribution in [2.45, 2.75) is 12.5 Å². The largest absolute Gasteiger partial charge is 0.508 e. The van der Waals surface area contributed by atoms with E-state index in [1.165, 1.54) is 30.3 Å². The SMILES string of the molecule is CC1(N=C=S)C=CC(C(=O)O)=C(c2c3ccc(=O)cc-3oc3cc(O)ccc23)C=C1. The summed E-state index contributed by atoms with van der Waals surface area (Å²) < 4.78 is 5.83. The Morgan fingerprint density at radius 3 is 2.67 bits per heavy atom. The van der Waals surface area contributed by atoms with E-state index in [1.54, 1.807) is 37.3 Å². The molecule has 1 aliphatic heterocycles. The molecule has 2 N–H and O–H groups in total. The van der Waals surface area contributed by atoms with Crippen LogP contribution in [0.5, 0.6) is 5.75 Å². The Kier molecular flexibility index (Phi) is 4.70. The molecule has 1 aromatic rings. The molecule has 0 amide bonds. The van der Waals surface area contributed by atoms with E-state index >= 15 is 0 Å². The molecule has 0 saturated carbocycles. The molecule has 0 bridgehead atoms. The van der Waals surface area contributed by atoms with Crippen molar-refractivity contribution >= 4 is 39.9 Å². The van der Waals surface area contributed by atoms with Gasteiger partial charge in [-0.15, -0.1) is 0 Å². The molecule has 148 valence electrons. The molecule has 1 unspecified atom stereocenters. The Labute approximate surface area is 176 Å². The molecule has 3 aliphatic rings. The predicted molar refractivity (Wildman–Crippen MR) is 117 cm³/mol. The van der Waals surface area contributed by atoms with Gasteiger partial charge in [0.1, 0.15) is 22.6 Å². The minimum Gasteiger partial charge on any atom is -0.508 e. The smallest absolute Gasteiger partial charge is 0.336 e. The van der Waals surface area contributed by atoms with Crippen LogP contribution in [0.2, 0.25) is 0 Å². The van der Waals surface area contributed by atoms with E-state index in [0.29, 0.717) is 27.7 Å². The number of benzene rings is 2. The third-order valence-electron chi connectivity index (χ3n) is 4.93. The first-order valence-electron chi connectivity index (χ1n) is 8.96. The quantitative estimate of drug-likeness (QED) is 0.372. The third kappa shape index (κ3) is 3.37. The second-order valence-corrected chi connectivity index (χ2v) is 7.23. The molecule has 6 nitrogen and oxygen atoms in total. The first-order valence-corrected chi connectivity index (χ1v) is 9.37. The number of phenolic OH excluding ortho intramolecular Hbond substituents is 1. The molecule has 30 heavy (non-hydrogen) atoms. The van der Waals surface area contributed by atoms with Crippen molar-refractivity contribution in [3.8, 4) is 17.1 Å². The van der Waals surface area contributed by atoms with Gasteiger partial charge in [-0.3, -0.25) is 4.79 Å². The van der Waals surface area contributed by atoms with Gasteiger partial charge in [-0.1, -0.05) is 18.2 Å². The number of thiocarbonyl (C=S) groups is 1. The number of hydrogen-bond donors (Lipinski definition) is 2. The number of rotatable bonds is 3. The van der Waals surface area contributed by atoms with E-state index in [4.69, 9.17) is 16.6 Å². The molecular weight excluding hydrogens is 402 g/mol. The molecule has 2 aliphatic carbocycles. The van der Waals surface area contributed by atoms with Crippen molar-refractivity contribution in [2.24, 2.45) is 4.99 Å². The number of aliphatic carboxylic acids is 1. The fourth-order valence-electron chi connectivity index (χ4n) is 3.47. The Hall–Kier alpha value is -3.80. The molecule has 1 heterocycles. The van der Waals surface area contributed by atoms with Gasteiger partial charge in [0.2, 0.25) is 0 Å². The normalized spacial score (nSPS) is 18.4. The number of carboxylic acid groups (broad SMARTS) is 1. The lowest BCUT2D eigenvalue weighted by atomic mass is 9.90. The summed E-state index contributed by atoms with van der Waals surface area (Å²) in [4.78, 5) is 28.1. The summed E-state index contributed by atoms with van der Waals surface area (Å²) in [6, 6.07) is 8.90. The number of fused-ring (bicyclic) bond motifs is 2. The second kappa shape index (κ2) is 7.22. The van der Waals surface area contributed by atoms with Crippen LogP contribution in [-0.2, 0) is 4.79 Å². The van der Waals surface area contributed by atoms with Crippen LogP contribution in [0, 0.1) is 0 Å².